The molecule has 2 aromatic carbocycles. The van der Waals surface area contributed by atoms with Crippen LogP contribution in [0.25, 0.3) is 0 Å². The zero-order valence-electron chi connectivity index (χ0n) is 18.4. The monoisotopic (exact) mass is 442 g/mol. The van der Waals surface area contributed by atoms with Crippen LogP contribution in [0.1, 0.15) is 11.1 Å². The van der Waals surface area contributed by atoms with Crippen molar-refractivity contribution >= 4 is 28.8 Å². The number of nitrogens with zero attached hydrogens (tertiary/aromatic N) is 3. The van der Waals surface area contributed by atoms with E-state index in [0.717, 1.165) is 52.8 Å². The molecule has 1 fully saturated rings. The summed E-state index contributed by atoms with van der Waals surface area (Å²) in [6.07, 6.45) is 2.45. The van der Waals surface area contributed by atoms with E-state index in [-0.39, 0.29) is 11.8 Å². The van der Waals surface area contributed by atoms with Crippen LogP contribution in [0.2, 0.25) is 0 Å². The van der Waals surface area contributed by atoms with Crippen molar-refractivity contribution in [2.45, 2.75) is 13.0 Å². The van der Waals surface area contributed by atoms with Crippen LogP contribution in [-0.2, 0) is 22.5 Å². The second-order valence-corrected chi connectivity index (χ2v) is 8.68. The number of hydrogen-bond acceptors (Lipinski definition) is 6. The second kappa shape index (κ2) is 8.41. The molecule has 1 aromatic heterocycles. The van der Waals surface area contributed by atoms with Crippen LogP contribution in [0.4, 0.5) is 22.9 Å². The lowest BCUT2D eigenvalue weighted by atomic mass is 9.95. The molecule has 4 heterocycles. The normalized spacial score (nSPS) is 19.3. The van der Waals surface area contributed by atoms with Gasteiger partial charge in [-0.2, -0.15) is 0 Å². The Bertz CT molecular complexity index is 1190. The number of anilines is 4. The maximum absolute atomic E-state index is 13.9. The molecule has 0 saturated carbocycles. The Labute approximate surface area is 192 Å². The Kier molecular flexibility index (Phi) is 5.11. The number of pyridine rings is 1. The van der Waals surface area contributed by atoms with E-state index in [1.165, 1.54) is 0 Å². The topological polar surface area (TPSA) is 66.9 Å². The highest BCUT2D eigenvalue weighted by atomic mass is 16.5. The first-order chi connectivity index (χ1) is 16.3. The minimum Gasteiger partial charge on any atom is -0.492 e. The first-order valence-electron chi connectivity index (χ1n) is 11.5. The molecule has 3 aliphatic heterocycles. The molecule has 3 aromatic rings. The fourth-order valence-electron chi connectivity index (χ4n) is 4.83. The van der Waals surface area contributed by atoms with Gasteiger partial charge in [0.2, 0.25) is 5.91 Å². The third-order valence-electron chi connectivity index (χ3n) is 6.62. The fraction of sp³-hybridized carbons (Fsp3) is 0.308. The first kappa shape index (κ1) is 20.1. The number of nitrogens with one attached hydrogen (secondary N) is 1. The van der Waals surface area contributed by atoms with E-state index < -0.39 is 0 Å². The summed E-state index contributed by atoms with van der Waals surface area (Å²) in [5, 5.41) is 3.46. The zero-order chi connectivity index (χ0) is 22.2. The van der Waals surface area contributed by atoms with Crippen molar-refractivity contribution in [3.05, 3.63) is 71.9 Å². The zero-order valence-corrected chi connectivity index (χ0v) is 18.4. The molecule has 0 radical (unpaired) electrons. The average molecular weight is 443 g/mol. The molecule has 7 nitrogen and oxygen atoms in total. The Balaban J connectivity index is 1.38. The van der Waals surface area contributed by atoms with Gasteiger partial charge in [0.25, 0.3) is 0 Å². The lowest BCUT2D eigenvalue weighted by molar-refractivity contribution is -0.123. The molecule has 1 amide bonds. The molecule has 1 atom stereocenters. The van der Waals surface area contributed by atoms with Gasteiger partial charge >= 0.3 is 0 Å². The molecule has 1 saturated heterocycles. The van der Waals surface area contributed by atoms with Gasteiger partial charge in [-0.15, -0.1) is 0 Å². The number of carbonyl (C=O) groups excluding carboxylic acids is 1. The van der Waals surface area contributed by atoms with Crippen LogP contribution in [0.15, 0.2) is 60.8 Å². The van der Waals surface area contributed by atoms with Crippen molar-refractivity contribution in [1.29, 1.82) is 0 Å². The maximum atomic E-state index is 13.9. The Morgan fingerprint density at radius 2 is 1.88 bits per heavy atom. The van der Waals surface area contributed by atoms with Gasteiger partial charge in [0, 0.05) is 30.5 Å². The third-order valence-corrected chi connectivity index (χ3v) is 6.62. The van der Waals surface area contributed by atoms with Gasteiger partial charge in [-0.1, -0.05) is 24.3 Å². The van der Waals surface area contributed by atoms with Crippen LogP contribution in [0.5, 0.6) is 5.75 Å². The predicted octanol–water partition coefficient (Wildman–Crippen LogP) is 3.76. The van der Waals surface area contributed by atoms with Crippen molar-refractivity contribution < 1.29 is 14.3 Å². The predicted molar refractivity (Wildman–Crippen MR) is 127 cm³/mol. The van der Waals surface area contributed by atoms with Crippen molar-refractivity contribution in [1.82, 2.24) is 4.98 Å². The van der Waals surface area contributed by atoms with Gasteiger partial charge in [0.05, 0.1) is 37.1 Å². The van der Waals surface area contributed by atoms with E-state index in [4.69, 9.17) is 9.47 Å². The van der Waals surface area contributed by atoms with Gasteiger partial charge in [-0.25, -0.2) is 4.98 Å². The van der Waals surface area contributed by atoms with Crippen LogP contribution in [0, 0.1) is 5.92 Å². The van der Waals surface area contributed by atoms with E-state index in [9.17, 15) is 4.79 Å². The summed E-state index contributed by atoms with van der Waals surface area (Å²) in [5.74, 6) is 1.50. The number of rotatable bonds is 2. The van der Waals surface area contributed by atoms with Gasteiger partial charge in [0.15, 0.2) is 0 Å². The van der Waals surface area contributed by atoms with Crippen LogP contribution < -0.4 is 19.9 Å². The Hall–Kier alpha value is -3.58. The highest BCUT2D eigenvalue weighted by molar-refractivity contribution is 6.00. The molecule has 1 N–H and O–H groups in total. The van der Waals surface area contributed by atoms with Crippen LogP contribution >= 0.6 is 0 Å². The molecule has 0 spiro atoms. The Morgan fingerprint density at radius 1 is 1.03 bits per heavy atom. The van der Waals surface area contributed by atoms with Crippen molar-refractivity contribution in [2.75, 3.05) is 48.0 Å². The molecular weight excluding hydrogens is 416 g/mol. The van der Waals surface area contributed by atoms with E-state index in [1.807, 2.05) is 41.3 Å². The van der Waals surface area contributed by atoms with E-state index in [1.54, 1.807) is 6.20 Å². The summed E-state index contributed by atoms with van der Waals surface area (Å²) < 4.78 is 11.5. The summed E-state index contributed by atoms with van der Waals surface area (Å²) in [6.45, 7) is 3.97. The number of carbonyl (C=O) groups is 1. The molecule has 33 heavy (non-hydrogen) atoms. The lowest BCUT2D eigenvalue weighted by Crippen LogP contribution is -2.41. The van der Waals surface area contributed by atoms with Crippen LogP contribution in [-0.4, -0.2) is 43.8 Å². The minimum absolute atomic E-state index is 0.0726. The largest absolute Gasteiger partial charge is 0.492 e. The number of amides is 1. The highest BCUT2D eigenvalue weighted by Gasteiger charge is 2.33. The average Bonchev–Trinajstić information content (AvgIpc) is 3.05. The molecule has 3 aliphatic rings. The summed E-state index contributed by atoms with van der Waals surface area (Å²) in [4.78, 5) is 22.7. The van der Waals surface area contributed by atoms with Gasteiger partial charge in [0.1, 0.15) is 18.2 Å². The van der Waals surface area contributed by atoms with E-state index >= 15 is 0 Å². The molecular formula is C26H26N4O3. The van der Waals surface area contributed by atoms with Crippen molar-refractivity contribution in [3.63, 3.8) is 0 Å². The molecule has 1 unspecified atom stereocenters. The Morgan fingerprint density at radius 3 is 2.79 bits per heavy atom. The molecule has 7 heteroatoms. The summed E-state index contributed by atoms with van der Waals surface area (Å²) in [5.41, 5.74) is 4.93. The number of para-hydroxylation sites is 1. The van der Waals surface area contributed by atoms with Gasteiger partial charge in [-0.05, 0) is 42.3 Å². The second-order valence-electron chi connectivity index (χ2n) is 8.68. The van der Waals surface area contributed by atoms with Gasteiger partial charge < -0.3 is 24.6 Å². The van der Waals surface area contributed by atoms with Crippen molar-refractivity contribution in [3.8, 4) is 5.75 Å². The lowest BCUT2D eigenvalue weighted by Gasteiger charge is -2.32. The molecule has 6 rings (SSSR count). The smallest absolute Gasteiger partial charge is 0.234 e. The number of ether oxygens (including phenoxy) is 2. The standard InChI is InChI=1S/C26H26N4O3/c31-26(20-14-18-4-1-2-6-24(18)33-17-20)30-16-19-5-3-9-27-25(19)28-22-8-7-21(15-23(22)30)29-10-12-32-13-11-29/h1-9,15,20H,10-14,16-17H2,(H,27,28). The van der Waals surface area contributed by atoms with E-state index in [2.05, 4.69) is 33.4 Å². The maximum Gasteiger partial charge on any atom is 0.234 e. The minimum atomic E-state index is -0.238. The molecule has 168 valence electrons. The number of fused-ring (bicyclic) bond motifs is 3. The number of morpholine rings is 1. The summed E-state index contributed by atoms with van der Waals surface area (Å²) in [7, 11) is 0. The SMILES string of the molecule is O=C(C1COc2ccccc2C1)N1Cc2cccnc2Nc2ccc(N3CCOCC3)cc21. The fourth-order valence-corrected chi connectivity index (χ4v) is 4.83. The first-order valence-corrected chi connectivity index (χ1v) is 11.5. The van der Waals surface area contributed by atoms with E-state index in [0.29, 0.717) is 32.8 Å². The quantitative estimate of drug-likeness (QED) is 0.652. The molecule has 0 aliphatic carbocycles. The highest BCUT2D eigenvalue weighted by Crippen LogP contribution is 2.39. The van der Waals surface area contributed by atoms with Crippen LogP contribution in [0.3, 0.4) is 0 Å². The molecule has 0 bridgehead atoms. The number of aromatic nitrogens is 1. The number of benzene rings is 2. The number of hydrogen-bond donors (Lipinski definition) is 1. The third kappa shape index (κ3) is 3.78. The summed E-state index contributed by atoms with van der Waals surface area (Å²) in [6, 6.07) is 18.2. The van der Waals surface area contributed by atoms with Gasteiger partial charge in [-0.3, -0.25) is 4.79 Å². The van der Waals surface area contributed by atoms with Crippen molar-refractivity contribution in [2.24, 2.45) is 5.92 Å². The summed E-state index contributed by atoms with van der Waals surface area (Å²) >= 11 is 0.